The largest absolute Gasteiger partial charge is 0.393 e. The Balaban J connectivity index is 2.06. The second-order valence-electron chi connectivity index (χ2n) is 5.77. The summed E-state index contributed by atoms with van der Waals surface area (Å²) in [6.07, 6.45) is 10.1. The molecule has 0 bridgehead atoms. The van der Waals surface area contributed by atoms with E-state index in [-0.39, 0.29) is 6.10 Å². The highest BCUT2D eigenvalue weighted by Gasteiger charge is 2.13. The molecule has 118 valence electrons. The zero-order valence-electron chi connectivity index (χ0n) is 13.5. The van der Waals surface area contributed by atoms with Crippen molar-refractivity contribution in [3.8, 4) is 11.3 Å². The predicted molar refractivity (Wildman–Crippen MR) is 95.9 cm³/mol. The van der Waals surface area contributed by atoms with Gasteiger partial charge in [-0.3, -0.25) is 0 Å². The van der Waals surface area contributed by atoms with Crippen molar-refractivity contribution in [1.29, 1.82) is 0 Å². The van der Waals surface area contributed by atoms with Gasteiger partial charge in [-0.25, -0.2) is 4.98 Å². The van der Waals surface area contributed by atoms with Crippen LogP contribution in [0.1, 0.15) is 24.6 Å². The Morgan fingerprint density at radius 2 is 2.30 bits per heavy atom. The molecule has 23 heavy (non-hydrogen) atoms. The first-order valence-corrected chi connectivity index (χ1v) is 7.70. The number of fused-ring (bicyclic) bond motifs is 1. The van der Waals surface area contributed by atoms with Crippen LogP contribution in [-0.4, -0.2) is 25.7 Å². The summed E-state index contributed by atoms with van der Waals surface area (Å²) in [6.45, 7) is 5.75. The highest BCUT2D eigenvalue weighted by atomic mass is 16.3. The van der Waals surface area contributed by atoms with Crippen molar-refractivity contribution >= 4 is 23.2 Å². The monoisotopic (exact) mass is 307 g/mol. The van der Waals surface area contributed by atoms with Gasteiger partial charge >= 0.3 is 0 Å². The van der Waals surface area contributed by atoms with Crippen LogP contribution in [0.3, 0.4) is 0 Å². The molecule has 4 nitrogen and oxygen atoms in total. The summed E-state index contributed by atoms with van der Waals surface area (Å²) in [7, 11) is 2.01. The lowest BCUT2D eigenvalue weighted by Crippen LogP contribution is -1.96. The molecule has 0 amide bonds. The molecular weight excluding hydrogens is 286 g/mol. The van der Waals surface area contributed by atoms with Gasteiger partial charge in [0.1, 0.15) is 5.65 Å². The second kappa shape index (κ2) is 6.26. The number of nitrogens with zero attached hydrogens (tertiary/aromatic N) is 2. The highest BCUT2D eigenvalue weighted by Crippen LogP contribution is 2.31. The van der Waals surface area contributed by atoms with Gasteiger partial charge in [-0.2, -0.15) is 0 Å². The van der Waals surface area contributed by atoms with Crippen LogP contribution < -0.4 is 0 Å². The van der Waals surface area contributed by atoms with Gasteiger partial charge in [-0.1, -0.05) is 18.7 Å². The predicted octanol–water partition coefficient (Wildman–Crippen LogP) is 4.00. The number of nitrogens with one attached hydrogen (secondary N) is 1. The van der Waals surface area contributed by atoms with E-state index in [1.54, 1.807) is 13.1 Å². The van der Waals surface area contributed by atoms with E-state index in [1.807, 2.05) is 37.4 Å². The van der Waals surface area contributed by atoms with Gasteiger partial charge in [-0.05, 0) is 37.6 Å². The molecule has 3 aromatic rings. The minimum Gasteiger partial charge on any atom is -0.393 e. The maximum atomic E-state index is 9.40. The maximum Gasteiger partial charge on any atom is 0.137 e. The second-order valence-corrected chi connectivity index (χ2v) is 5.77. The van der Waals surface area contributed by atoms with Crippen LogP contribution in [0.15, 0.2) is 43.2 Å². The van der Waals surface area contributed by atoms with E-state index in [4.69, 9.17) is 0 Å². The van der Waals surface area contributed by atoms with E-state index in [1.165, 1.54) is 0 Å². The average molecular weight is 307 g/mol. The first-order valence-electron chi connectivity index (χ1n) is 7.70. The molecule has 3 aromatic heterocycles. The molecule has 1 atom stereocenters. The third-order valence-corrected chi connectivity index (χ3v) is 3.91. The molecule has 3 heterocycles. The lowest BCUT2D eigenvalue weighted by Gasteiger charge is -2.01. The van der Waals surface area contributed by atoms with Crippen molar-refractivity contribution < 1.29 is 5.11 Å². The highest BCUT2D eigenvalue weighted by molar-refractivity contribution is 5.87. The summed E-state index contributed by atoms with van der Waals surface area (Å²) in [6, 6.07) is 6.08. The number of hydrogen-bond donors (Lipinski definition) is 2. The molecule has 0 saturated heterocycles. The van der Waals surface area contributed by atoms with Crippen LogP contribution in [0.5, 0.6) is 0 Å². The van der Waals surface area contributed by atoms with Gasteiger partial charge < -0.3 is 14.7 Å². The number of aromatic nitrogens is 3. The fourth-order valence-electron chi connectivity index (χ4n) is 2.78. The third-order valence-electron chi connectivity index (χ3n) is 3.91. The van der Waals surface area contributed by atoms with Crippen LogP contribution in [0, 0.1) is 0 Å². The van der Waals surface area contributed by atoms with E-state index in [0.29, 0.717) is 6.42 Å². The van der Waals surface area contributed by atoms with E-state index in [9.17, 15) is 5.11 Å². The lowest BCUT2D eigenvalue weighted by molar-refractivity contribution is 0.198. The first-order chi connectivity index (χ1) is 11.1. The fraction of sp³-hybridized carbons (Fsp3) is 0.211. The molecule has 4 heteroatoms. The van der Waals surface area contributed by atoms with Gasteiger partial charge in [0.25, 0.3) is 0 Å². The van der Waals surface area contributed by atoms with Gasteiger partial charge in [-0.15, -0.1) is 0 Å². The number of rotatable bonds is 5. The Morgan fingerprint density at radius 1 is 1.48 bits per heavy atom. The molecular formula is C19H21N3O. The SMILES string of the molecule is C=Cc1c(-c2cc3cccnc3[nH]2)cn(C)c1/C=C\CC(C)O. The van der Waals surface area contributed by atoms with Crippen molar-refractivity contribution in [1.82, 2.24) is 14.5 Å². The molecule has 0 radical (unpaired) electrons. The Labute approximate surface area is 135 Å². The van der Waals surface area contributed by atoms with E-state index in [2.05, 4.69) is 33.4 Å². The number of aryl methyl sites for hydroxylation is 1. The first kappa shape index (κ1) is 15.3. The van der Waals surface area contributed by atoms with Gasteiger partial charge in [0.15, 0.2) is 0 Å². The van der Waals surface area contributed by atoms with Crippen LogP contribution in [0.2, 0.25) is 0 Å². The molecule has 1 unspecified atom stereocenters. The van der Waals surface area contributed by atoms with Crippen LogP contribution >= 0.6 is 0 Å². The van der Waals surface area contributed by atoms with Crippen molar-refractivity contribution in [3.05, 3.63) is 54.5 Å². The Bertz CT molecular complexity index is 835. The number of aromatic amines is 1. The van der Waals surface area contributed by atoms with Crippen LogP contribution in [-0.2, 0) is 7.05 Å². The molecule has 0 spiro atoms. The average Bonchev–Trinajstić information content (AvgIpc) is 3.08. The number of hydrogen-bond acceptors (Lipinski definition) is 2. The number of aliphatic hydroxyl groups excluding tert-OH is 1. The van der Waals surface area contributed by atoms with E-state index in [0.717, 1.165) is 33.5 Å². The minimum atomic E-state index is -0.335. The van der Waals surface area contributed by atoms with Crippen LogP contribution in [0.4, 0.5) is 0 Å². The Morgan fingerprint density at radius 3 is 3.00 bits per heavy atom. The molecule has 3 rings (SSSR count). The quantitative estimate of drug-likeness (QED) is 0.748. The summed E-state index contributed by atoms with van der Waals surface area (Å²) in [5, 5.41) is 10.5. The zero-order valence-corrected chi connectivity index (χ0v) is 13.5. The van der Waals surface area contributed by atoms with E-state index < -0.39 is 0 Å². The van der Waals surface area contributed by atoms with Crippen LogP contribution in [0.25, 0.3) is 34.4 Å². The van der Waals surface area contributed by atoms with Gasteiger partial charge in [0.2, 0.25) is 0 Å². The zero-order chi connectivity index (χ0) is 16.4. The van der Waals surface area contributed by atoms with Crippen molar-refractivity contribution in [2.75, 3.05) is 0 Å². The summed E-state index contributed by atoms with van der Waals surface area (Å²) >= 11 is 0. The Kier molecular flexibility index (Phi) is 4.17. The standard InChI is InChI=1S/C19H21N3O/c1-4-15-16(12-22(3)18(15)9-5-7-13(2)23)17-11-14-8-6-10-20-19(14)21-17/h4-6,8-13,23H,1,7H2,2-3H3,(H,20,21)/b9-5-. The molecule has 0 saturated carbocycles. The minimum absolute atomic E-state index is 0.335. The summed E-state index contributed by atoms with van der Waals surface area (Å²) < 4.78 is 2.07. The maximum absolute atomic E-state index is 9.40. The molecule has 0 aliphatic heterocycles. The number of pyridine rings is 1. The summed E-state index contributed by atoms with van der Waals surface area (Å²) in [5.41, 5.74) is 5.15. The molecule has 0 aromatic carbocycles. The number of aliphatic hydroxyl groups is 1. The molecule has 2 N–H and O–H groups in total. The Hall–Kier alpha value is -2.59. The lowest BCUT2D eigenvalue weighted by atomic mass is 10.1. The molecule has 0 aliphatic carbocycles. The van der Waals surface area contributed by atoms with Gasteiger partial charge in [0, 0.05) is 47.3 Å². The van der Waals surface area contributed by atoms with Crippen molar-refractivity contribution in [3.63, 3.8) is 0 Å². The normalized spacial score (nSPS) is 13.0. The molecule has 0 aliphatic rings. The fourth-order valence-corrected chi connectivity index (χ4v) is 2.78. The molecule has 0 fully saturated rings. The van der Waals surface area contributed by atoms with Crippen molar-refractivity contribution in [2.24, 2.45) is 7.05 Å². The third kappa shape index (κ3) is 2.98. The van der Waals surface area contributed by atoms with Gasteiger partial charge in [0.05, 0.1) is 6.10 Å². The topological polar surface area (TPSA) is 53.8 Å². The summed E-state index contributed by atoms with van der Waals surface area (Å²) in [5.74, 6) is 0. The number of H-pyrrole nitrogens is 1. The summed E-state index contributed by atoms with van der Waals surface area (Å²) in [4.78, 5) is 7.72. The van der Waals surface area contributed by atoms with Crippen molar-refractivity contribution in [2.45, 2.75) is 19.4 Å². The van der Waals surface area contributed by atoms with E-state index >= 15 is 0 Å². The smallest absolute Gasteiger partial charge is 0.137 e.